The molecule has 0 aliphatic carbocycles. The fourth-order valence-electron chi connectivity index (χ4n) is 1.17. The van der Waals surface area contributed by atoms with Crippen LogP contribution in [-0.4, -0.2) is 39.2 Å². The molecule has 1 aromatic rings. The summed E-state index contributed by atoms with van der Waals surface area (Å²) in [7, 11) is 0. The highest BCUT2D eigenvalue weighted by molar-refractivity contribution is 5.18. The fraction of sp³-hybridized carbons (Fsp3) is 0.400. The van der Waals surface area contributed by atoms with E-state index in [1.54, 1.807) is 30.3 Å². The summed E-state index contributed by atoms with van der Waals surface area (Å²) in [4.78, 5) is 0. The van der Waals surface area contributed by atoms with E-state index in [4.69, 9.17) is 10.2 Å². The molecule has 0 heterocycles. The molecule has 4 nitrogen and oxygen atoms in total. The van der Waals surface area contributed by atoms with Gasteiger partial charge in [0.1, 0.15) is 18.3 Å². The number of rotatable bonds is 4. The van der Waals surface area contributed by atoms with Crippen molar-refractivity contribution in [3.8, 4) is 0 Å². The molecule has 0 amide bonds. The van der Waals surface area contributed by atoms with Gasteiger partial charge in [0.25, 0.3) is 0 Å². The molecule has 0 aromatic heterocycles. The molecule has 0 aliphatic heterocycles. The molecule has 0 radical (unpaired) electrons. The first-order chi connectivity index (χ1) is 6.66. The molecular weight excluding hydrogens is 184 g/mol. The normalized spacial score (nSPS) is 17.4. The highest BCUT2D eigenvalue weighted by Crippen LogP contribution is 2.18. The average molecular weight is 198 g/mol. The lowest BCUT2D eigenvalue weighted by Crippen LogP contribution is -2.34. The first-order valence-electron chi connectivity index (χ1n) is 4.37. The van der Waals surface area contributed by atoms with Crippen LogP contribution in [0.2, 0.25) is 0 Å². The number of hydrogen-bond donors (Lipinski definition) is 4. The predicted molar refractivity (Wildman–Crippen MR) is 50.5 cm³/mol. The van der Waals surface area contributed by atoms with Crippen LogP contribution >= 0.6 is 0 Å². The molecule has 3 atom stereocenters. The van der Waals surface area contributed by atoms with Gasteiger partial charge in [0, 0.05) is 0 Å². The average Bonchev–Trinajstić information content (AvgIpc) is 2.27. The summed E-state index contributed by atoms with van der Waals surface area (Å²) < 4.78 is 0. The molecule has 0 saturated carbocycles. The highest BCUT2D eigenvalue weighted by Gasteiger charge is 2.24. The number of benzene rings is 1. The van der Waals surface area contributed by atoms with E-state index in [2.05, 4.69) is 0 Å². The van der Waals surface area contributed by atoms with Crippen LogP contribution in [0.5, 0.6) is 0 Å². The minimum Gasteiger partial charge on any atom is -0.394 e. The van der Waals surface area contributed by atoms with Gasteiger partial charge < -0.3 is 20.4 Å². The third-order valence-corrected chi connectivity index (χ3v) is 2.05. The largest absolute Gasteiger partial charge is 0.394 e. The lowest BCUT2D eigenvalue weighted by atomic mass is 10.0. The summed E-state index contributed by atoms with van der Waals surface area (Å²) in [6.45, 7) is -0.578. The van der Waals surface area contributed by atoms with E-state index in [9.17, 15) is 10.2 Å². The van der Waals surface area contributed by atoms with Crippen molar-refractivity contribution in [3.05, 3.63) is 35.9 Å². The fourth-order valence-corrected chi connectivity index (χ4v) is 1.17. The van der Waals surface area contributed by atoms with Gasteiger partial charge in [-0.1, -0.05) is 30.3 Å². The Bertz CT molecular complexity index is 262. The van der Waals surface area contributed by atoms with E-state index in [0.29, 0.717) is 5.56 Å². The second-order valence-corrected chi connectivity index (χ2v) is 3.10. The number of hydrogen-bond acceptors (Lipinski definition) is 4. The van der Waals surface area contributed by atoms with E-state index in [1.807, 2.05) is 0 Å². The standard InChI is InChI=1S/C10H14O4/c11-6-8(12)10(14)9(13)7-4-2-1-3-5-7/h1-5,8-14H,6H2/t8-,9+,10+/m1/s1. The molecule has 0 unspecified atom stereocenters. The molecule has 0 aliphatic rings. The Morgan fingerprint density at radius 2 is 1.57 bits per heavy atom. The quantitative estimate of drug-likeness (QED) is 0.522. The van der Waals surface area contributed by atoms with Crippen molar-refractivity contribution in [3.63, 3.8) is 0 Å². The van der Waals surface area contributed by atoms with Gasteiger partial charge in [-0.15, -0.1) is 0 Å². The van der Waals surface area contributed by atoms with Crippen LogP contribution in [0.25, 0.3) is 0 Å². The van der Waals surface area contributed by atoms with Gasteiger partial charge in [-0.25, -0.2) is 0 Å². The molecular formula is C10H14O4. The Morgan fingerprint density at radius 1 is 1.00 bits per heavy atom. The minimum absolute atomic E-state index is 0.507. The molecule has 0 spiro atoms. The summed E-state index contributed by atoms with van der Waals surface area (Å²) in [6.07, 6.45) is -3.88. The van der Waals surface area contributed by atoms with E-state index >= 15 is 0 Å². The highest BCUT2D eigenvalue weighted by atomic mass is 16.4. The van der Waals surface area contributed by atoms with Crippen molar-refractivity contribution in [2.45, 2.75) is 18.3 Å². The summed E-state index contributed by atoms with van der Waals surface area (Å²) in [5, 5.41) is 36.6. The maximum atomic E-state index is 9.57. The van der Waals surface area contributed by atoms with E-state index in [0.717, 1.165) is 0 Å². The van der Waals surface area contributed by atoms with Gasteiger partial charge in [-0.2, -0.15) is 0 Å². The second-order valence-electron chi connectivity index (χ2n) is 3.10. The van der Waals surface area contributed by atoms with Gasteiger partial charge in [-0.05, 0) is 5.56 Å². The van der Waals surface area contributed by atoms with Crippen LogP contribution < -0.4 is 0 Å². The van der Waals surface area contributed by atoms with Crippen molar-refractivity contribution in [1.82, 2.24) is 0 Å². The van der Waals surface area contributed by atoms with Crippen LogP contribution in [0.1, 0.15) is 11.7 Å². The lowest BCUT2D eigenvalue weighted by Gasteiger charge is -2.21. The van der Waals surface area contributed by atoms with Crippen molar-refractivity contribution >= 4 is 0 Å². The van der Waals surface area contributed by atoms with Gasteiger partial charge in [-0.3, -0.25) is 0 Å². The Balaban J connectivity index is 2.70. The van der Waals surface area contributed by atoms with Gasteiger partial charge >= 0.3 is 0 Å². The Kier molecular flexibility index (Phi) is 4.03. The third kappa shape index (κ3) is 2.52. The Labute approximate surface area is 82.1 Å². The molecule has 78 valence electrons. The van der Waals surface area contributed by atoms with Gasteiger partial charge in [0.2, 0.25) is 0 Å². The zero-order chi connectivity index (χ0) is 10.6. The molecule has 14 heavy (non-hydrogen) atoms. The molecule has 1 rings (SSSR count). The molecule has 4 heteroatoms. The van der Waals surface area contributed by atoms with E-state index in [1.165, 1.54) is 0 Å². The zero-order valence-electron chi connectivity index (χ0n) is 7.61. The lowest BCUT2D eigenvalue weighted by molar-refractivity contribution is -0.0776. The summed E-state index contributed by atoms with van der Waals surface area (Å²) in [5.74, 6) is 0. The molecule has 0 fully saturated rings. The minimum atomic E-state index is -1.37. The topological polar surface area (TPSA) is 80.9 Å². The van der Waals surface area contributed by atoms with Crippen LogP contribution in [0.4, 0.5) is 0 Å². The maximum Gasteiger partial charge on any atom is 0.112 e. The van der Waals surface area contributed by atoms with Crippen LogP contribution in [0, 0.1) is 0 Å². The smallest absolute Gasteiger partial charge is 0.112 e. The summed E-state index contributed by atoms with van der Waals surface area (Å²) >= 11 is 0. The van der Waals surface area contributed by atoms with E-state index < -0.39 is 24.9 Å². The van der Waals surface area contributed by atoms with Crippen molar-refractivity contribution in [2.75, 3.05) is 6.61 Å². The van der Waals surface area contributed by atoms with Crippen LogP contribution in [-0.2, 0) is 0 Å². The van der Waals surface area contributed by atoms with Crippen molar-refractivity contribution in [2.24, 2.45) is 0 Å². The summed E-state index contributed by atoms with van der Waals surface area (Å²) in [5.41, 5.74) is 0.507. The Hall–Kier alpha value is -0.940. The molecule has 1 aromatic carbocycles. The number of aliphatic hydroxyl groups is 4. The van der Waals surface area contributed by atoms with Gasteiger partial charge in [0.15, 0.2) is 0 Å². The van der Waals surface area contributed by atoms with Crippen molar-refractivity contribution in [1.29, 1.82) is 0 Å². The summed E-state index contributed by atoms with van der Waals surface area (Å²) in [6, 6.07) is 8.49. The van der Waals surface area contributed by atoms with E-state index in [-0.39, 0.29) is 0 Å². The molecule has 0 bridgehead atoms. The molecule has 4 N–H and O–H groups in total. The second kappa shape index (κ2) is 5.07. The SMILES string of the molecule is OC[C@@H](O)[C@H](O)[C@@H](O)c1ccccc1. The van der Waals surface area contributed by atoms with Gasteiger partial charge in [0.05, 0.1) is 6.61 Å². The molecule has 0 saturated heterocycles. The zero-order valence-corrected chi connectivity index (χ0v) is 7.61. The van der Waals surface area contributed by atoms with Crippen molar-refractivity contribution < 1.29 is 20.4 Å². The Morgan fingerprint density at radius 3 is 2.07 bits per heavy atom. The third-order valence-electron chi connectivity index (χ3n) is 2.05. The first-order valence-corrected chi connectivity index (χ1v) is 4.37. The van der Waals surface area contributed by atoms with Crippen LogP contribution in [0.3, 0.4) is 0 Å². The number of aliphatic hydroxyl groups excluding tert-OH is 4. The monoisotopic (exact) mass is 198 g/mol. The van der Waals surface area contributed by atoms with Crippen LogP contribution in [0.15, 0.2) is 30.3 Å². The maximum absolute atomic E-state index is 9.57. The predicted octanol–water partition coefficient (Wildman–Crippen LogP) is -0.566. The first kappa shape index (κ1) is 11.1.